The van der Waals surface area contributed by atoms with E-state index in [4.69, 9.17) is 0 Å². The summed E-state index contributed by atoms with van der Waals surface area (Å²) in [6, 6.07) is 27.4. The number of benzene rings is 3. The minimum atomic E-state index is 0.0753. The molecule has 0 spiro atoms. The predicted molar refractivity (Wildman–Crippen MR) is 121 cm³/mol. The molecule has 1 heterocycles. The number of carbonyl (C=O) groups is 2. The predicted octanol–water partition coefficient (Wildman–Crippen LogP) is 6.01. The molecule has 1 saturated heterocycles. The molecular weight excluding hydrogens is 370 g/mol. The molecule has 3 heteroatoms. The number of piperidine rings is 1. The van der Waals surface area contributed by atoms with Crippen molar-refractivity contribution in [3.63, 3.8) is 0 Å². The molecule has 152 valence electrons. The summed E-state index contributed by atoms with van der Waals surface area (Å²) in [4.78, 5) is 28.1. The molecular formula is C27H27NO2. The monoisotopic (exact) mass is 397 g/mol. The summed E-state index contributed by atoms with van der Waals surface area (Å²) in [5.41, 5.74) is 3.51. The first-order valence-electron chi connectivity index (χ1n) is 10.8. The van der Waals surface area contributed by atoms with E-state index in [1.807, 2.05) is 89.8 Å². The third kappa shape index (κ3) is 4.51. The Morgan fingerprint density at radius 2 is 1.47 bits per heavy atom. The van der Waals surface area contributed by atoms with Gasteiger partial charge in [0.2, 0.25) is 0 Å². The first-order valence-corrected chi connectivity index (χ1v) is 10.8. The summed E-state index contributed by atoms with van der Waals surface area (Å²) in [6.07, 6.45) is 4.27. The lowest BCUT2D eigenvalue weighted by Crippen LogP contribution is -2.44. The van der Waals surface area contributed by atoms with E-state index in [2.05, 4.69) is 0 Å². The van der Waals surface area contributed by atoms with Crippen molar-refractivity contribution in [1.29, 1.82) is 0 Å². The number of hydrogen-bond donors (Lipinski definition) is 0. The van der Waals surface area contributed by atoms with Crippen LogP contribution in [0.3, 0.4) is 0 Å². The van der Waals surface area contributed by atoms with Gasteiger partial charge in [0.1, 0.15) is 0 Å². The van der Waals surface area contributed by atoms with Crippen molar-refractivity contribution in [1.82, 2.24) is 4.90 Å². The van der Waals surface area contributed by atoms with Crippen molar-refractivity contribution >= 4 is 11.7 Å². The minimum Gasteiger partial charge on any atom is -0.336 e. The van der Waals surface area contributed by atoms with Gasteiger partial charge >= 0.3 is 0 Å². The third-order valence-corrected chi connectivity index (χ3v) is 5.93. The van der Waals surface area contributed by atoms with Gasteiger partial charge in [-0.05, 0) is 42.9 Å². The van der Waals surface area contributed by atoms with Crippen LogP contribution in [0.2, 0.25) is 0 Å². The first kappa shape index (κ1) is 20.1. The SMILES string of the molecule is O=C(CCC1CCCCN1C(=O)c1ccccc1-c1ccccc1)c1ccccc1. The molecule has 1 aliphatic rings. The van der Waals surface area contributed by atoms with Crippen LogP contribution in [0, 0.1) is 0 Å². The summed E-state index contributed by atoms with van der Waals surface area (Å²) >= 11 is 0. The largest absolute Gasteiger partial charge is 0.336 e. The molecule has 0 saturated carbocycles. The molecule has 0 aliphatic carbocycles. The van der Waals surface area contributed by atoms with Gasteiger partial charge in [-0.25, -0.2) is 0 Å². The number of hydrogen-bond acceptors (Lipinski definition) is 2. The molecule has 1 unspecified atom stereocenters. The lowest BCUT2D eigenvalue weighted by Gasteiger charge is -2.36. The Hall–Kier alpha value is -3.20. The highest BCUT2D eigenvalue weighted by molar-refractivity contribution is 6.01. The summed E-state index contributed by atoms with van der Waals surface area (Å²) < 4.78 is 0. The zero-order chi connectivity index (χ0) is 20.8. The summed E-state index contributed by atoms with van der Waals surface area (Å²) in [6.45, 7) is 0.756. The van der Waals surface area contributed by atoms with Crippen LogP contribution >= 0.6 is 0 Å². The van der Waals surface area contributed by atoms with Crippen LogP contribution in [-0.4, -0.2) is 29.2 Å². The van der Waals surface area contributed by atoms with Crippen molar-refractivity contribution in [2.45, 2.75) is 38.1 Å². The van der Waals surface area contributed by atoms with Gasteiger partial charge in [-0.3, -0.25) is 9.59 Å². The quantitative estimate of drug-likeness (QED) is 0.478. The normalized spacial score (nSPS) is 16.3. The van der Waals surface area contributed by atoms with Gasteiger partial charge in [0, 0.05) is 30.1 Å². The molecule has 0 aromatic heterocycles. The first-order chi connectivity index (χ1) is 14.7. The van der Waals surface area contributed by atoms with Crippen LogP contribution in [0.1, 0.15) is 52.8 Å². The van der Waals surface area contributed by atoms with Crippen LogP contribution in [0.4, 0.5) is 0 Å². The minimum absolute atomic E-state index is 0.0753. The van der Waals surface area contributed by atoms with Crippen molar-refractivity contribution < 1.29 is 9.59 Å². The van der Waals surface area contributed by atoms with Gasteiger partial charge in [-0.2, -0.15) is 0 Å². The summed E-state index contributed by atoms with van der Waals surface area (Å²) in [7, 11) is 0. The fourth-order valence-corrected chi connectivity index (χ4v) is 4.33. The molecule has 3 nitrogen and oxygen atoms in total. The van der Waals surface area contributed by atoms with Crippen molar-refractivity contribution in [3.05, 3.63) is 96.1 Å². The maximum absolute atomic E-state index is 13.6. The zero-order valence-corrected chi connectivity index (χ0v) is 17.2. The summed E-state index contributed by atoms with van der Waals surface area (Å²) in [5, 5.41) is 0. The highest BCUT2D eigenvalue weighted by Crippen LogP contribution is 2.28. The maximum Gasteiger partial charge on any atom is 0.254 e. The van der Waals surface area contributed by atoms with Gasteiger partial charge in [0.25, 0.3) is 5.91 Å². The number of ketones is 1. The molecule has 1 aliphatic heterocycles. The Morgan fingerprint density at radius 3 is 2.23 bits per heavy atom. The average molecular weight is 398 g/mol. The van der Waals surface area contributed by atoms with E-state index in [1.165, 1.54) is 0 Å². The van der Waals surface area contributed by atoms with E-state index in [0.29, 0.717) is 12.8 Å². The Labute approximate surface area is 178 Å². The fraction of sp³-hybridized carbons (Fsp3) is 0.259. The third-order valence-electron chi connectivity index (χ3n) is 5.93. The molecule has 30 heavy (non-hydrogen) atoms. The van der Waals surface area contributed by atoms with Crippen molar-refractivity contribution in [3.8, 4) is 11.1 Å². The smallest absolute Gasteiger partial charge is 0.254 e. The number of Topliss-reactive ketones (excluding diaryl/α,β-unsaturated/α-hetero) is 1. The molecule has 0 radical (unpaired) electrons. The van der Waals surface area contributed by atoms with Gasteiger partial charge in [0.05, 0.1) is 0 Å². The molecule has 0 N–H and O–H groups in total. The Bertz CT molecular complexity index is 998. The van der Waals surface area contributed by atoms with E-state index < -0.39 is 0 Å². The lowest BCUT2D eigenvalue weighted by molar-refractivity contribution is 0.0592. The number of rotatable bonds is 6. The van der Waals surface area contributed by atoms with E-state index in [0.717, 1.165) is 48.1 Å². The van der Waals surface area contributed by atoms with E-state index in [9.17, 15) is 9.59 Å². The second kappa shape index (κ2) is 9.53. The van der Waals surface area contributed by atoms with Gasteiger partial charge in [-0.15, -0.1) is 0 Å². The van der Waals surface area contributed by atoms with Crippen LogP contribution in [-0.2, 0) is 0 Å². The number of likely N-dealkylation sites (tertiary alicyclic amines) is 1. The molecule has 1 fully saturated rings. The van der Waals surface area contributed by atoms with E-state index in [1.54, 1.807) is 0 Å². The standard InChI is InChI=1S/C27H27NO2/c29-26(22-13-5-2-6-14-22)19-18-23-15-9-10-20-28(23)27(30)25-17-8-7-16-24(25)21-11-3-1-4-12-21/h1-8,11-14,16-17,23H,9-10,15,18-20H2. The maximum atomic E-state index is 13.6. The summed E-state index contributed by atoms with van der Waals surface area (Å²) in [5.74, 6) is 0.226. The number of amides is 1. The van der Waals surface area contributed by atoms with E-state index in [-0.39, 0.29) is 17.7 Å². The second-order valence-electron chi connectivity index (χ2n) is 7.89. The van der Waals surface area contributed by atoms with Crippen LogP contribution in [0.5, 0.6) is 0 Å². The highest BCUT2D eigenvalue weighted by Gasteiger charge is 2.29. The van der Waals surface area contributed by atoms with Gasteiger partial charge < -0.3 is 4.90 Å². The molecule has 3 aromatic rings. The van der Waals surface area contributed by atoms with Crippen molar-refractivity contribution in [2.75, 3.05) is 6.54 Å². The Morgan fingerprint density at radius 1 is 0.800 bits per heavy atom. The van der Waals surface area contributed by atoms with Crippen molar-refractivity contribution in [2.24, 2.45) is 0 Å². The molecule has 1 atom stereocenters. The highest BCUT2D eigenvalue weighted by atomic mass is 16.2. The fourth-order valence-electron chi connectivity index (χ4n) is 4.33. The number of carbonyl (C=O) groups excluding carboxylic acids is 2. The van der Waals surface area contributed by atoms with Crippen LogP contribution < -0.4 is 0 Å². The average Bonchev–Trinajstić information content (AvgIpc) is 2.83. The zero-order valence-electron chi connectivity index (χ0n) is 17.2. The topological polar surface area (TPSA) is 37.4 Å². The van der Waals surface area contributed by atoms with Crippen LogP contribution in [0.15, 0.2) is 84.9 Å². The van der Waals surface area contributed by atoms with E-state index >= 15 is 0 Å². The number of nitrogens with zero attached hydrogens (tertiary/aromatic N) is 1. The Balaban J connectivity index is 1.52. The molecule has 0 bridgehead atoms. The Kier molecular flexibility index (Phi) is 6.38. The molecule has 4 rings (SSSR count). The van der Waals surface area contributed by atoms with Gasteiger partial charge in [0.15, 0.2) is 5.78 Å². The molecule has 3 aromatic carbocycles. The lowest BCUT2D eigenvalue weighted by atomic mass is 9.93. The second-order valence-corrected chi connectivity index (χ2v) is 7.89. The van der Waals surface area contributed by atoms with Gasteiger partial charge in [-0.1, -0.05) is 78.9 Å². The van der Waals surface area contributed by atoms with Crippen LogP contribution in [0.25, 0.3) is 11.1 Å². The molecule has 1 amide bonds.